The molecule has 0 saturated carbocycles. The van der Waals surface area contributed by atoms with Crippen molar-refractivity contribution in [3.05, 3.63) is 52.6 Å². The zero-order chi connectivity index (χ0) is 12.4. The first-order chi connectivity index (χ1) is 8.83. The smallest absolute Gasteiger partial charge is 0.339 e. The molecule has 0 fully saturated rings. The zero-order valence-electron chi connectivity index (χ0n) is 9.29. The number of ether oxygens (including phenoxy) is 1. The first-order valence-corrected chi connectivity index (χ1v) is 5.33. The molecule has 6 nitrogen and oxygen atoms in total. The number of H-pyrrole nitrogens is 1. The number of hydrogen-bond donors (Lipinski definition) is 1. The number of nitrogens with zero attached hydrogens (tertiary/aromatic N) is 2. The predicted molar refractivity (Wildman–Crippen MR) is 63.2 cm³/mol. The minimum Gasteiger partial charge on any atom is -0.486 e. The lowest BCUT2D eigenvalue weighted by molar-refractivity contribution is 0.302. The summed E-state index contributed by atoms with van der Waals surface area (Å²) in [5, 5.41) is 10.8. The van der Waals surface area contributed by atoms with Crippen molar-refractivity contribution < 1.29 is 9.15 Å². The number of rotatable bonds is 3. The molecule has 3 rings (SSSR count). The second kappa shape index (κ2) is 4.33. The van der Waals surface area contributed by atoms with Gasteiger partial charge in [-0.1, -0.05) is 12.1 Å². The Bertz CT molecular complexity index is 719. The van der Waals surface area contributed by atoms with E-state index in [1.165, 1.54) is 6.07 Å². The van der Waals surface area contributed by atoms with E-state index in [1.807, 2.05) is 12.1 Å². The van der Waals surface area contributed by atoms with Crippen LogP contribution in [0.25, 0.3) is 11.0 Å². The fraction of sp³-hybridized carbons (Fsp3) is 0.0833. The van der Waals surface area contributed by atoms with E-state index < -0.39 is 5.63 Å². The Morgan fingerprint density at radius 2 is 2.22 bits per heavy atom. The van der Waals surface area contributed by atoms with Crippen LogP contribution in [-0.4, -0.2) is 15.4 Å². The minimum absolute atomic E-state index is 0.240. The van der Waals surface area contributed by atoms with Crippen LogP contribution in [-0.2, 0) is 6.61 Å². The highest BCUT2D eigenvalue weighted by molar-refractivity contribution is 5.82. The molecule has 1 aromatic carbocycles. The van der Waals surface area contributed by atoms with Gasteiger partial charge in [-0.3, -0.25) is 0 Å². The average Bonchev–Trinajstić information content (AvgIpc) is 2.89. The molecule has 0 bridgehead atoms. The first kappa shape index (κ1) is 10.5. The van der Waals surface area contributed by atoms with E-state index in [-0.39, 0.29) is 6.61 Å². The maximum absolute atomic E-state index is 11.4. The third-order valence-electron chi connectivity index (χ3n) is 2.45. The van der Waals surface area contributed by atoms with Crippen LogP contribution in [0.3, 0.4) is 0 Å². The summed E-state index contributed by atoms with van der Waals surface area (Å²) < 4.78 is 10.6. The van der Waals surface area contributed by atoms with Gasteiger partial charge >= 0.3 is 5.63 Å². The van der Waals surface area contributed by atoms with Crippen LogP contribution in [0.5, 0.6) is 5.75 Å². The van der Waals surface area contributed by atoms with Crippen LogP contribution in [0, 0.1) is 0 Å². The first-order valence-electron chi connectivity index (χ1n) is 5.33. The predicted octanol–water partition coefficient (Wildman–Crippen LogP) is 1.49. The summed E-state index contributed by atoms with van der Waals surface area (Å²) in [5.74, 6) is 0.477. The fourth-order valence-electron chi connectivity index (χ4n) is 1.65. The summed E-state index contributed by atoms with van der Waals surface area (Å²) >= 11 is 0. The molecule has 0 radical (unpaired) electrons. The number of aromatic amines is 1. The minimum atomic E-state index is -0.441. The van der Waals surface area contributed by atoms with Crippen LogP contribution in [0.2, 0.25) is 0 Å². The van der Waals surface area contributed by atoms with Gasteiger partial charge in [0.1, 0.15) is 23.6 Å². The lowest BCUT2D eigenvalue weighted by Crippen LogP contribution is -2.02. The quantitative estimate of drug-likeness (QED) is 0.705. The molecule has 2 heterocycles. The molecule has 0 saturated heterocycles. The van der Waals surface area contributed by atoms with Crippen LogP contribution < -0.4 is 10.4 Å². The van der Waals surface area contributed by atoms with Gasteiger partial charge in [-0.25, -0.2) is 4.79 Å². The van der Waals surface area contributed by atoms with Gasteiger partial charge in [-0.2, -0.15) is 15.4 Å². The lowest BCUT2D eigenvalue weighted by atomic mass is 10.2. The third kappa shape index (κ3) is 1.95. The number of nitrogens with one attached hydrogen (secondary N) is 1. The van der Waals surface area contributed by atoms with E-state index in [9.17, 15) is 4.79 Å². The summed E-state index contributed by atoms with van der Waals surface area (Å²) in [5.41, 5.74) is 0.719. The lowest BCUT2D eigenvalue weighted by Gasteiger charge is -2.06. The summed E-state index contributed by atoms with van der Waals surface area (Å²) in [7, 11) is 0. The number of para-hydroxylation sites is 1. The number of aromatic nitrogens is 3. The molecule has 0 aliphatic carbocycles. The molecule has 0 spiro atoms. The summed E-state index contributed by atoms with van der Waals surface area (Å²) in [6.07, 6.45) is 1.56. The number of hydrogen-bond acceptors (Lipinski definition) is 5. The average molecular weight is 243 g/mol. The van der Waals surface area contributed by atoms with E-state index in [2.05, 4.69) is 15.4 Å². The Balaban J connectivity index is 1.98. The van der Waals surface area contributed by atoms with Gasteiger partial charge in [0.25, 0.3) is 0 Å². The van der Waals surface area contributed by atoms with Crippen molar-refractivity contribution in [3.63, 3.8) is 0 Å². The highest BCUT2D eigenvalue weighted by atomic mass is 16.5. The highest BCUT2D eigenvalue weighted by Gasteiger charge is 2.06. The van der Waals surface area contributed by atoms with Crippen molar-refractivity contribution in [2.45, 2.75) is 6.61 Å². The Morgan fingerprint density at radius 1 is 1.33 bits per heavy atom. The molecule has 90 valence electrons. The van der Waals surface area contributed by atoms with Crippen LogP contribution in [0.4, 0.5) is 0 Å². The van der Waals surface area contributed by atoms with E-state index in [0.29, 0.717) is 17.0 Å². The van der Waals surface area contributed by atoms with Crippen LogP contribution in [0.15, 0.2) is 45.7 Å². The highest BCUT2D eigenvalue weighted by Crippen LogP contribution is 2.23. The van der Waals surface area contributed by atoms with Crippen LogP contribution >= 0.6 is 0 Å². The Hall–Kier alpha value is -2.63. The van der Waals surface area contributed by atoms with Crippen molar-refractivity contribution in [2.24, 2.45) is 0 Å². The molecule has 6 heteroatoms. The van der Waals surface area contributed by atoms with E-state index in [0.717, 1.165) is 5.39 Å². The fourth-order valence-corrected chi connectivity index (χ4v) is 1.65. The van der Waals surface area contributed by atoms with Crippen molar-refractivity contribution in [3.8, 4) is 5.75 Å². The van der Waals surface area contributed by atoms with Gasteiger partial charge in [0.05, 0.1) is 17.6 Å². The third-order valence-corrected chi connectivity index (χ3v) is 2.45. The SMILES string of the molecule is O=c1cc(OCc2cn[nH]n2)c2ccccc2o1. The Labute approximate surface area is 101 Å². The summed E-state index contributed by atoms with van der Waals surface area (Å²) in [6, 6.07) is 8.52. The standard InChI is InChI=1S/C12H9N3O3/c16-12-5-11(17-7-8-6-13-15-14-8)9-3-1-2-4-10(9)18-12/h1-6H,7H2,(H,13,14,15). The second-order valence-corrected chi connectivity index (χ2v) is 3.68. The van der Waals surface area contributed by atoms with Gasteiger partial charge in [-0.05, 0) is 12.1 Å². The molecule has 18 heavy (non-hydrogen) atoms. The van der Waals surface area contributed by atoms with Gasteiger partial charge in [0, 0.05) is 0 Å². The largest absolute Gasteiger partial charge is 0.486 e. The normalized spacial score (nSPS) is 10.7. The van der Waals surface area contributed by atoms with Crippen molar-refractivity contribution >= 4 is 11.0 Å². The molecule has 0 atom stereocenters. The second-order valence-electron chi connectivity index (χ2n) is 3.68. The van der Waals surface area contributed by atoms with Gasteiger partial charge < -0.3 is 9.15 Å². The molecule has 0 aliphatic heterocycles. The Kier molecular flexibility index (Phi) is 2.53. The molecule has 0 aliphatic rings. The van der Waals surface area contributed by atoms with E-state index >= 15 is 0 Å². The van der Waals surface area contributed by atoms with Crippen molar-refractivity contribution in [1.29, 1.82) is 0 Å². The Morgan fingerprint density at radius 3 is 3.06 bits per heavy atom. The maximum Gasteiger partial charge on any atom is 0.339 e. The van der Waals surface area contributed by atoms with E-state index in [4.69, 9.17) is 9.15 Å². The monoisotopic (exact) mass is 243 g/mol. The maximum atomic E-state index is 11.4. The molecule has 0 amide bonds. The van der Waals surface area contributed by atoms with E-state index in [1.54, 1.807) is 18.3 Å². The summed E-state index contributed by atoms with van der Waals surface area (Å²) in [4.78, 5) is 11.4. The number of benzene rings is 1. The molecule has 0 unspecified atom stereocenters. The topological polar surface area (TPSA) is 81.0 Å². The molecular weight excluding hydrogens is 234 g/mol. The van der Waals surface area contributed by atoms with Gasteiger partial charge in [-0.15, -0.1) is 0 Å². The molecule has 2 aromatic heterocycles. The van der Waals surface area contributed by atoms with Gasteiger partial charge in [0.15, 0.2) is 0 Å². The molecule has 3 aromatic rings. The zero-order valence-corrected chi connectivity index (χ0v) is 9.29. The van der Waals surface area contributed by atoms with Gasteiger partial charge in [0.2, 0.25) is 0 Å². The van der Waals surface area contributed by atoms with Crippen molar-refractivity contribution in [2.75, 3.05) is 0 Å². The number of fused-ring (bicyclic) bond motifs is 1. The molecule has 1 N–H and O–H groups in total. The summed E-state index contributed by atoms with van der Waals surface area (Å²) in [6.45, 7) is 0.240. The van der Waals surface area contributed by atoms with Crippen LogP contribution in [0.1, 0.15) is 5.69 Å². The molecular formula is C12H9N3O3. The van der Waals surface area contributed by atoms with Crippen molar-refractivity contribution in [1.82, 2.24) is 15.4 Å².